The van der Waals surface area contributed by atoms with Gasteiger partial charge in [-0.3, -0.25) is 0 Å². The Bertz CT molecular complexity index is 685. The van der Waals surface area contributed by atoms with Crippen molar-refractivity contribution in [3.63, 3.8) is 0 Å². The van der Waals surface area contributed by atoms with Crippen molar-refractivity contribution in [1.82, 2.24) is 4.90 Å². The molecular weight excluding hydrogens is 278 g/mol. The third-order valence-electron chi connectivity index (χ3n) is 6.35. The van der Waals surface area contributed by atoms with Gasteiger partial charge in [0, 0.05) is 22.9 Å². The number of aliphatic hydroxyl groups is 1. The Morgan fingerprint density at radius 1 is 1.36 bits per heavy atom. The monoisotopic (exact) mass is 299 g/mol. The Kier molecular flexibility index (Phi) is 2.39. The van der Waals surface area contributed by atoms with E-state index < -0.39 is 6.10 Å². The van der Waals surface area contributed by atoms with Crippen LogP contribution in [0.4, 0.5) is 0 Å². The minimum Gasteiger partial charge on any atom is -0.493 e. The van der Waals surface area contributed by atoms with Crippen LogP contribution in [0.3, 0.4) is 0 Å². The van der Waals surface area contributed by atoms with Crippen molar-refractivity contribution in [2.45, 2.75) is 36.5 Å². The van der Waals surface area contributed by atoms with Crippen LogP contribution in [0, 0.1) is 5.92 Å². The van der Waals surface area contributed by atoms with Gasteiger partial charge in [0.15, 0.2) is 11.5 Å². The molecular formula is C18H21NO3. The van der Waals surface area contributed by atoms with Crippen molar-refractivity contribution < 1.29 is 14.6 Å². The van der Waals surface area contributed by atoms with Crippen LogP contribution >= 0.6 is 0 Å². The predicted molar refractivity (Wildman–Crippen MR) is 82.5 cm³/mol. The van der Waals surface area contributed by atoms with E-state index in [0.29, 0.717) is 12.0 Å². The fourth-order valence-electron chi connectivity index (χ4n) is 5.39. The van der Waals surface area contributed by atoms with Crippen LogP contribution in [0.1, 0.15) is 17.5 Å². The number of piperidine rings is 1. The summed E-state index contributed by atoms with van der Waals surface area (Å²) in [6.45, 7) is 1.05. The summed E-state index contributed by atoms with van der Waals surface area (Å²) in [5.74, 6) is 2.09. The molecule has 2 aliphatic heterocycles. The molecule has 3 unspecified atom stereocenters. The van der Waals surface area contributed by atoms with Gasteiger partial charge in [-0.05, 0) is 38.1 Å². The summed E-state index contributed by atoms with van der Waals surface area (Å²) in [7, 11) is 3.91. The molecule has 0 amide bonds. The lowest BCUT2D eigenvalue weighted by atomic mass is 9.53. The van der Waals surface area contributed by atoms with Crippen molar-refractivity contribution in [3.05, 3.63) is 35.4 Å². The zero-order chi connectivity index (χ0) is 15.1. The third kappa shape index (κ3) is 1.28. The number of hydrogen-bond acceptors (Lipinski definition) is 4. The SMILES string of the molecule is COc1ccc2c3c1OC1C(O)C=C[C@H]4C(C2)N(C)CC[C@]314. The van der Waals surface area contributed by atoms with E-state index in [-0.39, 0.29) is 11.5 Å². The fourth-order valence-corrected chi connectivity index (χ4v) is 5.39. The standard InChI is InChI=1S/C18H21NO3/c1-19-8-7-18-11-4-5-13(20)17(18)22-16-14(21-2)6-3-10(15(16)18)9-12(11)19/h3-6,11-13,17,20H,7-9H2,1-2H3/t11-,12?,13?,17?,18-/m0/s1. The minimum atomic E-state index is -0.539. The molecule has 5 atom stereocenters. The van der Waals surface area contributed by atoms with E-state index in [9.17, 15) is 5.11 Å². The highest BCUT2D eigenvalue weighted by Gasteiger charge is 2.64. The van der Waals surface area contributed by atoms with Crippen LogP contribution in [-0.2, 0) is 11.8 Å². The molecule has 1 saturated heterocycles. The van der Waals surface area contributed by atoms with Crippen molar-refractivity contribution in [2.24, 2.45) is 5.92 Å². The highest BCUT2D eigenvalue weighted by Crippen LogP contribution is 2.62. The lowest BCUT2D eigenvalue weighted by molar-refractivity contribution is -0.0453. The first-order chi connectivity index (χ1) is 10.7. The van der Waals surface area contributed by atoms with Gasteiger partial charge in [-0.25, -0.2) is 0 Å². The Morgan fingerprint density at radius 2 is 2.23 bits per heavy atom. The number of ether oxygens (including phenoxy) is 2. The Hall–Kier alpha value is -1.52. The maximum atomic E-state index is 10.6. The molecule has 2 bridgehead atoms. The molecule has 0 aromatic heterocycles. The molecule has 116 valence electrons. The first-order valence-electron chi connectivity index (χ1n) is 8.10. The zero-order valence-electron chi connectivity index (χ0n) is 13.0. The number of nitrogens with zero attached hydrogens (tertiary/aromatic N) is 1. The van der Waals surface area contributed by atoms with Crippen molar-refractivity contribution in [2.75, 3.05) is 20.7 Å². The number of likely N-dealkylation sites (N-methyl/N-ethyl adjacent to an activating group) is 1. The van der Waals surface area contributed by atoms with Crippen molar-refractivity contribution in [3.8, 4) is 11.5 Å². The smallest absolute Gasteiger partial charge is 0.165 e. The molecule has 4 heteroatoms. The Labute approximate surface area is 130 Å². The molecule has 2 heterocycles. The molecule has 0 radical (unpaired) electrons. The number of likely N-dealkylation sites (tertiary alicyclic amines) is 1. The minimum absolute atomic E-state index is 0.0806. The zero-order valence-corrected chi connectivity index (χ0v) is 13.0. The van der Waals surface area contributed by atoms with E-state index in [0.717, 1.165) is 30.9 Å². The molecule has 5 rings (SSSR count). The topological polar surface area (TPSA) is 41.9 Å². The van der Waals surface area contributed by atoms with E-state index in [1.807, 2.05) is 12.1 Å². The highest BCUT2D eigenvalue weighted by molar-refractivity contribution is 5.62. The van der Waals surface area contributed by atoms with Gasteiger partial charge in [0.25, 0.3) is 0 Å². The average molecular weight is 299 g/mol. The summed E-state index contributed by atoms with van der Waals surface area (Å²) in [6.07, 6.45) is 5.54. The lowest BCUT2D eigenvalue weighted by Gasteiger charge is -2.56. The quantitative estimate of drug-likeness (QED) is 0.798. The first-order valence-corrected chi connectivity index (χ1v) is 8.10. The molecule has 1 fully saturated rings. The second-order valence-electron chi connectivity index (χ2n) is 7.11. The Morgan fingerprint density at radius 3 is 3.05 bits per heavy atom. The van der Waals surface area contributed by atoms with Gasteiger partial charge in [-0.2, -0.15) is 0 Å². The van der Waals surface area contributed by atoms with Gasteiger partial charge in [0.1, 0.15) is 12.2 Å². The van der Waals surface area contributed by atoms with E-state index in [2.05, 4.69) is 24.1 Å². The van der Waals surface area contributed by atoms with Crippen LogP contribution in [0.15, 0.2) is 24.3 Å². The molecule has 0 saturated carbocycles. The fraction of sp³-hybridized carbons (Fsp3) is 0.556. The van der Waals surface area contributed by atoms with E-state index >= 15 is 0 Å². The maximum absolute atomic E-state index is 10.6. The number of methoxy groups -OCH3 is 1. The van der Waals surface area contributed by atoms with Gasteiger partial charge in [-0.15, -0.1) is 0 Å². The molecule has 1 aromatic carbocycles. The molecule has 22 heavy (non-hydrogen) atoms. The Balaban J connectivity index is 1.82. The summed E-state index contributed by atoms with van der Waals surface area (Å²) in [5.41, 5.74) is 2.60. The van der Waals surface area contributed by atoms with Crippen LogP contribution in [0.5, 0.6) is 11.5 Å². The number of hydrogen-bond donors (Lipinski definition) is 1. The third-order valence-corrected chi connectivity index (χ3v) is 6.35. The summed E-state index contributed by atoms with van der Waals surface area (Å²) in [6, 6.07) is 4.70. The molecule has 4 nitrogen and oxygen atoms in total. The molecule has 2 aliphatic carbocycles. The average Bonchev–Trinajstić information content (AvgIpc) is 2.88. The van der Waals surface area contributed by atoms with Crippen LogP contribution in [-0.4, -0.2) is 49.0 Å². The van der Waals surface area contributed by atoms with E-state index in [1.165, 1.54) is 11.1 Å². The number of rotatable bonds is 1. The highest BCUT2D eigenvalue weighted by atomic mass is 16.5. The second kappa shape index (κ2) is 4.06. The van der Waals surface area contributed by atoms with Crippen LogP contribution in [0.25, 0.3) is 0 Å². The van der Waals surface area contributed by atoms with Gasteiger partial charge >= 0.3 is 0 Å². The van der Waals surface area contributed by atoms with Crippen molar-refractivity contribution in [1.29, 1.82) is 0 Å². The molecule has 4 aliphatic rings. The van der Waals surface area contributed by atoms with Gasteiger partial charge < -0.3 is 19.5 Å². The predicted octanol–water partition coefficient (Wildman–Crippen LogP) is 1.50. The second-order valence-corrected chi connectivity index (χ2v) is 7.11. The lowest BCUT2D eigenvalue weighted by Crippen LogP contribution is -2.64. The van der Waals surface area contributed by atoms with Gasteiger partial charge in [0.05, 0.1) is 7.11 Å². The summed E-state index contributed by atoms with van der Waals surface area (Å²) >= 11 is 0. The normalized spacial score (nSPS) is 41.0. The van der Waals surface area contributed by atoms with E-state index in [1.54, 1.807) is 7.11 Å². The van der Waals surface area contributed by atoms with E-state index in [4.69, 9.17) is 9.47 Å². The molecule has 1 N–H and O–H groups in total. The summed E-state index contributed by atoms with van der Waals surface area (Å²) < 4.78 is 11.8. The van der Waals surface area contributed by atoms with Crippen LogP contribution < -0.4 is 9.47 Å². The van der Waals surface area contributed by atoms with Gasteiger partial charge in [-0.1, -0.05) is 18.2 Å². The van der Waals surface area contributed by atoms with Gasteiger partial charge in [0.2, 0.25) is 0 Å². The molecule has 1 aromatic rings. The number of aliphatic hydroxyl groups excluding tert-OH is 1. The first kappa shape index (κ1) is 13.0. The van der Waals surface area contributed by atoms with Crippen LogP contribution in [0.2, 0.25) is 0 Å². The molecule has 1 spiro atoms. The van der Waals surface area contributed by atoms with Crippen molar-refractivity contribution >= 4 is 0 Å². The largest absolute Gasteiger partial charge is 0.493 e. The summed E-state index contributed by atoms with van der Waals surface area (Å²) in [4.78, 5) is 2.47. The summed E-state index contributed by atoms with van der Waals surface area (Å²) in [5, 5.41) is 10.6. The maximum Gasteiger partial charge on any atom is 0.165 e. The number of benzene rings is 1.